The van der Waals surface area contributed by atoms with Gasteiger partial charge in [0.2, 0.25) is 0 Å². The largest absolute Gasteiger partial charge is 0.411 e. The van der Waals surface area contributed by atoms with Crippen LogP contribution in [0.5, 0.6) is 0 Å². The van der Waals surface area contributed by atoms with Gasteiger partial charge in [-0.3, -0.25) is 0 Å². The predicted octanol–water partition coefficient (Wildman–Crippen LogP) is 0.562. The average Bonchev–Trinajstić information content (AvgIpc) is 1.85. The molecule has 4 N–H and O–H groups in total. The van der Waals surface area contributed by atoms with Crippen molar-refractivity contribution in [1.82, 2.24) is 0 Å². The highest BCUT2D eigenvalue weighted by atomic mass is 28.4. The Bertz CT molecular complexity index is 92.9. The van der Waals surface area contributed by atoms with E-state index in [4.69, 9.17) is 15.3 Å². The van der Waals surface area contributed by atoms with Gasteiger partial charge in [-0.2, -0.15) is 0 Å². The molecule has 0 unspecified atom stereocenters. The van der Waals surface area contributed by atoms with Crippen LogP contribution in [-0.4, -0.2) is 24.7 Å². The fourth-order valence-corrected chi connectivity index (χ4v) is 1.88. The molecule has 0 aromatic carbocycles. The van der Waals surface area contributed by atoms with E-state index in [9.17, 15) is 0 Å². The summed E-state index contributed by atoms with van der Waals surface area (Å²) in [6.07, 6.45) is 4.16. The van der Waals surface area contributed by atoms with Gasteiger partial charge < -0.3 is 15.3 Å². The van der Waals surface area contributed by atoms with Crippen molar-refractivity contribution >= 4 is 8.56 Å². The van der Waals surface area contributed by atoms with Crippen molar-refractivity contribution in [3.05, 3.63) is 0 Å². The number of hydrogen-bond acceptors (Lipinski definition) is 3. The Balaban J connectivity index is 3.02. The van der Waals surface area contributed by atoms with Crippen LogP contribution in [0.4, 0.5) is 0 Å². The van der Waals surface area contributed by atoms with Crippen LogP contribution < -0.4 is 5.73 Å². The van der Waals surface area contributed by atoms with Gasteiger partial charge in [0.25, 0.3) is 0 Å². The lowest BCUT2D eigenvalue weighted by Gasteiger charge is -2.10. The second kappa shape index (κ2) is 5.71. The highest BCUT2D eigenvalue weighted by Gasteiger charge is 2.19. The molecule has 0 aromatic heterocycles. The zero-order chi connectivity index (χ0) is 8.74. The predicted molar refractivity (Wildman–Crippen MR) is 48.4 cm³/mol. The molecule has 0 aliphatic rings. The Morgan fingerprint density at radius 1 is 1.09 bits per heavy atom. The van der Waals surface area contributed by atoms with Gasteiger partial charge >= 0.3 is 8.56 Å². The molecular weight excluding hydrogens is 158 g/mol. The molecule has 0 fully saturated rings. The van der Waals surface area contributed by atoms with Gasteiger partial charge in [-0.05, 0) is 25.6 Å². The van der Waals surface area contributed by atoms with E-state index < -0.39 is 8.56 Å². The lowest BCUT2D eigenvalue weighted by molar-refractivity contribution is 0.366. The van der Waals surface area contributed by atoms with Crippen LogP contribution in [-0.2, 0) is 0 Å². The van der Waals surface area contributed by atoms with Crippen LogP contribution in [0.3, 0.4) is 0 Å². The Morgan fingerprint density at radius 2 is 1.64 bits per heavy atom. The Morgan fingerprint density at radius 3 is 2.09 bits per heavy atom. The number of unbranched alkanes of at least 4 members (excludes halogenated alkanes) is 3. The molecule has 0 radical (unpaired) electrons. The van der Waals surface area contributed by atoms with Crippen LogP contribution in [0, 0.1) is 0 Å². The first-order valence-electron chi connectivity index (χ1n) is 4.21. The SMILES string of the molecule is C[Si](O)(O)CCCCCCN. The fourth-order valence-electron chi connectivity index (χ4n) is 0.958. The van der Waals surface area contributed by atoms with Crippen molar-refractivity contribution in [3.63, 3.8) is 0 Å². The molecule has 0 aromatic rings. The van der Waals surface area contributed by atoms with Crippen LogP contribution in [0.2, 0.25) is 12.6 Å². The first-order valence-corrected chi connectivity index (χ1v) is 6.81. The monoisotopic (exact) mass is 177 g/mol. The summed E-state index contributed by atoms with van der Waals surface area (Å²) >= 11 is 0. The summed E-state index contributed by atoms with van der Waals surface area (Å²) in [4.78, 5) is 18.1. The molecular formula is C7H19NO2Si. The van der Waals surface area contributed by atoms with Crippen molar-refractivity contribution in [1.29, 1.82) is 0 Å². The van der Waals surface area contributed by atoms with Gasteiger partial charge in [-0.15, -0.1) is 0 Å². The van der Waals surface area contributed by atoms with Gasteiger partial charge in [0, 0.05) is 0 Å². The second-order valence-electron chi connectivity index (χ2n) is 3.17. The minimum Gasteiger partial charge on any atom is -0.411 e. The van der Waals surface area contributed by atoms with E-state index in [-0.39, 0.29) is 0 Å². The summed E-state index contributed by atoms with van der Waals surface area (Å²) in [7, 11) is -2.75. The van der Waals surface area contributed by atoms with E-state index >= 15 is 0 Å². The first-order chi connectivity index (χ1) is 5.06. The molecule has 0 saturated heterocycles. The Hall–Kier alpha value is 0.0969. The normalized spacial score (nSPS) is 12.0. The summed E-state index contributed by atoms with van der Waals surface area (Å²) in [6, 6.07) is 0.595. The highest BCUT2D eigenvalue weighted by molar-refractivity contribution is 6.63. The molecule has 68 valence electrons. The summed E-state index contributed by atoms with van der Waals surface area (Å²) in [6.45, 7) is 2.29. The molecule has 0 aliphatic heterocycles. The standard InChI is InChI=1S/C7H19NO2Si/c1-11(9,10)7-5-3-2-4-6-8/h9-10H,2-8H2,1H3. The molecule has 4 heteroatoms. The quantitative estimate of drug-likeness (QED) is 0.410. The molecule has 0 bridgehead atoms. The molecule has 11 heavy (non-hydrogen) atoms. The molecule has 0 atom stereocenters. The first kappa shape index (κ1) is 11.1. The van der Waals surface area contributed by atoms with Crippen LogP contribution in [0.1, 0.15) is 25.7 Å². The van der Waals surface area contributed by atoms with Gasteiger partial charge in [-0.25, -0.2) is 0 Å². The van der Waals surface area contributed by atoms with E-state index in [0.29, 0.717) is 6.04 Å². The lowest BCUT2D eigenvalue weighted by Crippen LogP contribution is -2.29. The minimum absolute atomic E-state index is 0.595. The minimum atomic E-state index is -2.75. The smallest absolute Gasteiger partial charge is 0.329 e. The molecule has 0 spiro atoms. The molecule has 0 amide bonds. The summed E-state index contributed by atoms with van der Waals surface area (Å²) in [5.41, 5.74) is 5.31. The fraction of sp³-hybridized carbons (Fsp3) is 1.00. The zero-order valence-electron chi connectivity index (χ0n) is 7.21. The summed E-state index contributed by atoms with van der Waals surface area (Å²) < 4.78 is 0. The highest BCUT2D eigenvalue weighted by Crippen LogP contribution is 2.09. The summed E-state index contributed by atoms with van der Waals surface area (Å²) in [5.74, 6) is 0. The molecule has 0 aliphatic carbocycles. The van der Waals surface area contributed by atoms with E-state index in [0.717, 1.165) is 32.2 Å². The zero-order valence-corrected chi connectivity index (χ0v) is 8.21. The molecule has 0 saturated carbocycles. The van der Waals surface area contributed by atoms with Crippen molar-refractivity contribution in [3.8, 4) is 0 Å². The lowest BCUT2D eigenvalue weighted by atomic mass is 10.2. The van der Waals surface area contributed by atoms with Crippen molar-refractivity contribution in [2.45, 2.75) is 38.3 Å². The number of rotatable bonds is 6. The summed E-state index contributed by atoms with van der Waals surface area (Å²) in [5, 5.41) is 0. The Kier molecular flexibility index (Phi) is 5.76. The third-order valence-corrected chi connectivity index (χ3v) is 2.91. The molecule has 0 rings (SSSR count). The number of nitrogens with two attached hydrogens (primary N) is 1. The van der Waals surface area contributed by atoms with Gasteiger partial charge in [0.05, 0.1) is 0 Å². The van der Waals surface area contributed by atoms with E-state index in [1.54, 1.807) is 6.55 Å². The average molecular weight is 177 g/mol. The maximum Gasteiger partial charge on any atom is 0.329 e. The molecule has 3 nitrogen and oxygen atoms in total. The third-order valence-electron chi connectivity index (χ3n) is 1.60. The Labute approximate surface area is 69.5 Å². The maximum atomic E-state index is 9.04. The van der Waals surface area contributed by atoms with Crippen LogP contribution >= 0.6 is 0 Å². The maximum absolute atomic E-state index is 9.04. The van der Waals surface area contributed by atoms with E-state index in [1.807, 2.05) is 0 Å². The number of hydrogen-bond donors (Lipinski definition) is 3. The second-order valence-corrected chi connectivity index (χ2v) is 6.10. The molecule has 0 heterocycles. The van der Waals surface area contributed by atoms with Crippen molar-refractivity contribution < 1.29 is 9.59 Å². The van der Waals surface area contributed by atoms with E-state index in [2.05, 4.69) is 0 Å². The van der Waals surface area contributed by atoms with Gasteiger partial charge in [0.15, 0.2) is 0 Å². The van der Waals surface area contributed by atoms with E-state index in [1.165, 1.54) is 0 Å². The topological polar surface area (TPSA) is 66.5 Å². The van der Waals surface area contributed by atoms with Gasteiger partial charge in [-0.1, -0.05) is 19.3 Å². The van der Waals surface area contributed by atoms with Crippen LogP contribution in [0.15, 0.2) is 0 Å². The van der Waals surface area contributed by atoms with Crippen LogP contribution in [0.25, 0.3) is 0 Å². The van der Waals surface area contributed by atoms with Crippen molar-refractivity contribution in [2.75, 3.05) is 6.54 Å². The van der Waals surface area contributed by atoms with Crippen molar-refractivity contribution in [2.24, 2.45) is 5.73 Å². The third kappa shape index (κ3) is 10.1. The van der Waals surface area contributed by atoms with Gasteiger partial charge in [0.1, 0.15) is 0 Å².